The van der Waals surface area contributed by atoms with Crippen molar-refractivity contribution in [1.82, 2.24) is 20.1 Å². The van der Waals surface area contributed by atoms with Crippen LogP contribution in [0.3, 0.4) is 0 Å². The maximum Gasteiger partial charge on any atom is 0.317 e. The maximum absolute atomic E-state index is 12.6. The SMILES string of the molecule is Cc1ccc(C(=O)N2CCCC(N3CCNC3=O)C2)c(=O)[nH]1. The highest BCUT2D eigenvalue weighted by Gasteiger charge is 2.33. The van der Waals surface area contributed by atoms with Crippen LogP contribution in [0.5, 0.6) is 0 Å². The van der Waals surface area contributed by atoms with Gasteiger partial charge in [-0.1, -0.05) is 0 Å². The van der Waals surface area contributed by atoms with Crippen LogP contribution in [0.2, 0.25) is 0 Å². The Labute approximate surface area is 128 Å². The molecule has 118 valence electrons. The van der Waals surface area contributed by atoms with Gasteiger partial charge in [0.05, 0.1) is 6.04 Å². The highest BCUT2D eigenvalue weighted by Crippen LogP contribution is 2.18. The number of aromatic amines is 1. The first-order valence-electron chi connectivity index (χ1n) is 7.60. The number of H-pyrrole nitrogens is 1. The fourth-order valence-corrected chi connectivity index (χ4v) is 3.14. The third-order valence-corrected chi connectivity index (χ3v) is 4.30. The van der Waals surface area contributed by atoms with Gasteiger partial charge < -0.3 is 20.1 Å². The summed E-state index contributed by atoms with van der Waals surface area (Å²) in [5.41, 5.74) is 0.537. The van der Waals surface area contributed by atoms with Gasteiger partial charge in [0.2, 0.25) is 0 Å². The number of likely N-dealkylation sites (tertiary alicyclic amines) is 1. The number of amides is 3. The monoisotopic (exact) mass is 304 g/mol. The Morgan fingerprint density at radius 2 is 2.09 bits per heavy atom. The molecule has 3 heterocycles. The first-order valence-corrected chi connectivity index (χ1v) is 7.60. The number of pyridine rings is 1. The zero-order chi connectivity index (χ0) is 15.7. The molecule has 0 aromatic carbocycles. The molecule has 1 unspecified atom stereocenters. The quantitative estimate of drug-likeness (QED) is 0.825. The van der Waals surface area contributed by atoms with Crippen molar-refractivity contribution in [3.05, 3.63) is 33.7 Å². The predicted octanol–water partition coefficient (Wildman–Crippen LogP) is 0.313. The number of piperidine rings is 1. The summed E-state index contributed by atoms with van der Waals surface area (Å²) in [5, 5.41) is 2.79. The van der Waals surface area contributed by atoms with Crippen molar-refractivity contribution in [3.63, 3.8) is 0 Å². The Hall–Kier alpha value is -2.31. The molecule has 2 aliphatic rings. The second-order valence-corrected chi connectivity index (χ2v) is 5.86. The van der Waals surface area contributed by atoms with Crippen molar-refractivity contribution >= 4 is 11.9 Å². The number of nitrogens with one attached hydrogen (secondary N) is 2. The number of aryl methyl sites for hydroxylation is 1. The van der Waals surface area contributed by atoms with E-state index in [2.05, 4.69) is 10.3 Å². The first kappa shape index (κ1) is 14.6. The molecule has 1 aromatic rings. The minimum absolute atomic E-state index is 0.0322. The molecule has 3 amide bonds. The van der Waals surface area contributed by atoms with Crippen molar-refractivity contribution in [3.8, 4) is 0 Å². The van der Waals surface area contributed by atoms with E-state index in [1.54, 1.807) is 28.9 Å². The number of carbonyl (C=O) groups is 2. The molecule has 7 nitrogen and oxygen atoms in total. The van der Waals surface area contributed by atoms with E-state index in [1.165, 1.54) is 0 Å². The van der Waals surface area contributed by atoms with Crippen molar-refractivity contribution < 1.29 is 9.59 Å². The summed E-state index contributed by atoms with van der Waals surface area (Å²) < 4.78 is 0. The summed E-state index contributed by atoms with van der Waals surface area (Å²) >= 11 is 0. The van der Waals surface area contributed by atoms with Crippen LogP contribution in [0.25, 0.3) is 0 Å². The Balaban J connectivity index is 1.75. The molecule has 1 atom stereocenters. The van der Waals surface area contributed by atoms with Crippen LogP contribution in [0.1, 0.15) is 28.9 Å². The van der Waals surface area contributed by atoms with Gasteiger partial charge in [0.1, 0.15) is 5.56 Å². The fourth-order valence-electron chi connectivity index (χ4n) is 3.14. The van der Waals surface area contributed by atoms with E-state index in [9.17, 15) is 14.4 Å². The second-order valence-electron chi connectivity index (χ2n) is 5.86. The lowest BCUT2D eigenvalue weighted by Gasteiger charge is -2.36. The third-order valence-electron chi connectivity index (χ3n) is 4.30. The molecular weight excluding hydrogens is 284 g/mol. The number of aromatic nitrogens is 1. The number of hydrogen-bond acceptors (Lipinski definition) is 3. The van der Waals surface area contributed by atoms with Crippen LogP contribution in [-0.4, -0.2) is 58.9 Å². The summed E-state index contributed by atoms with van der Waals surface area (Å²) in [7, 11) is 0. The highest BCUT2D eigenvalue weighted by atomic mass is 16.2. The number of hydrogen-bond donors (Lipinski definition) is 2. The lowest BCUT2D eigenvalue weighted by Crippen LogP contribution is -2.51. The summed E-state index contributed by atoms with van der Waals surface area (Å²) in [4.78, 5) is 42.4. The van der Waals surface area contributed by atoms with Gasteiger partial charge >= 0.3 is 6.03 Å². The molecule has 22 heavy (non-hydrogen) atoms. The molecule has 0 spiro atoms. The van der Waals surface area contributed by atoms with Gasteiger partial charge in [0, 0.05) is 31.9 Å². The molecule has 0 bridgehead atoms. The van der Waals surface area contributed by atoms with Crippen LogP contribution < -0.4 is 10.9 Å². The summed E-state index contributed by atoms with van der Waals surface area (Å²) in [6, 6.07) is 3.27. The Kier molecular flexibility index (Phi) is 3.87. The predicted molar refractivity (Wildman–Crippen MR) is 80.8 cm³/mol. The maximum atomic E-state index is 12.6. The smallest absolute Gasteiger partial charge is 0.317 e. The van der Waals surface area contributed by atoms with Crippen molar-refractivity contribution in [2.45, 2.75) is 25.8 Å². The normalized spacial score (nSPS) is 21.9. The molecule has 0 saturated carbocycles. The summed E-state index contributed by atoms with van der Waals surface area (Å²) in [5.74, 6) is -0.259. The van der Waals surface area contributed by atoms with Crippen LogP contribution in [0.15, 0.2) is 16.9 Å². The van der Waals surface area contributed by atoms with E-state index in [4.69, 9.17) is 0 Å². The average Bonchev–Trinajstić information content (AvgIpc) is 2.93. The van der Waals surface area contributed by atoms with E-state index >= 15 is 0 Å². The molecule has 7 heteroatoms. The minimum Gasteiger partial charge on any atom is -0.336 e. The molecule has 0 aliphatic carbocycles. The van der Waals surface area contributed by atoms with E-state index in [0.717, 1.165) is 18.5 Å². The van der Waals surface area contributed by atoms with Crippen LogP contribution in [0, 0.1) is 6.92 Å². The van der Waals surface area contributed by atoms with Gasteiger partial charge in [0.15, 0.2) is 0 Å². The van der Waals surface area contributed by atoms with E-state index in [1.807, 2.05) is 0 Å². The lowest BCUT2D eigenvalue weighted by atomic mass is 10.0. The van der Waals surface area contributed by atoms with Crippen molar-refractivity contribution in [2.24, 2.45) is 0 Å². The van der Waals surface area contributed by atoms with Gasteiger partial charge in [-0.2, -0.15) is 0 Å². The number of rotatable bonds is 2. The van der Waals surface area contributed by atoms with Gasteiger partial charge in [-0.3, -0.25) is 9.59 Å². The molecule has 2 saturated heterocycles. The number of nitrogens with zero attached hydrogens (tertiary/aromatic N) is 2. The minimum atomic E-state index is -0.356. The molecule has 3 rings (SSSR count). The van der Waals surface area contributed by atoms with Crippen molar-refractivity contribution in [2.75, 3.05) is 26.2 Å². The molecule has 2 aliphatic heterocycles. The van der Waals surface area contributed by atoms with Gasteiger partial charge in [-0.25, -0.2) is 4.79 Å². The fraction of sp³-hybridized carbons (Fsp3) is 0.533. The van der Waals surface area contributed by atoms with Gasteiger partial charge in [-0.05, 0) is 31.9 Å². The molecule has 0 radical (unpaired) electrons. The highest BCUT2D eigenvalue weighted by molar-refractivity contribution is 5.94. The van der Waals surface area contributed by atoms with E-state index in [-0.39, 0.29) is 29.1 Å². The molecule has 2 N–H and O–H groups in total. The Morgan fingerprint density at radius 1 is 1.27 bits per heavy atom. The Morgan fingerprint density at radius 3 is 2.77 bits per heavy atom. The van der Waals surface area contributed by atoms with Gasteiger partial charge in [0.25, 0.3) is 11.5 Å². The number of carbonyl (C=O) groups excluding carboxylic acids is 2. The summed E-state index contributed by atoms with van der Waals surface area (Å²) in [6.07, 6.45) is 1.73. The molecule has 2 fully saturated rings. The molecular formula is C15H20N4O3. The zero-order valence-electron chi connectivity index (χ0n) is 12.6. The topological polar surface area (TPSA) is 85.5 Å². The van der Waals surface area contributed by atoms with Crippen LogP contribution in [-0.2, 0) is 0 Å². The Bertz CT molecular complexity index is 654. The largest absolute Gasteiger partial charge is 0.336 e. The van der Waals surface area contributed by atoms with Gasteiger partial charge in [-0.15, -0.1) is 0 Å². The summed E-state index contributed by atoms with van der Waals surface area (Å²) in [6.45, 7) is 4.22. The van der Waals surface area contributed by atoms with Crippen molar-refractivity contribution in [1.29, 1.82) is 0 Å². The lowest BCUT2D eigenvalue weighted by molar-refractivity contribution is 0.0632. The number of urea groups is 1. The first-order chi connectivity index (χ1) is 10.6. The average molecular weight is 304 g/mol. The molecule has 1 aromatic heterocycles. The zero-order valence-corrected chi connectivity index (χ0v) is 12.6. The van der Waals surface area contributed by atoms with Crippen LogP contribution in [0.4, 0.5) is 4.79 Å². The van der Waals surface area contributed by atoms with Crippen LogP contribution >= 0.6 is 0 Å². The van der Waals surface area contributed by atoms with E-state index < -0.39 is 0 Å². The standard InChI is InChI=1S/C15H20N4O3/c1-10-4-5-12(13(20)17-10)14(21)18-7-2-3-11(9-18)19-8-6-16-15(19)22/h4-5,11H,2-3,6-9H2,1H3,(H,16,22)(H,17,20). The van der Waals surface area contributed by atoms with E-state index in [0.29, 0.717) is 26.2 Å². The second kappa shape index (κ2) is 5.82. The third kappa shape index (κ3) is 2.70.